The number of aromatic carboxylic acids is 2. The van der Waals surface area contributed by atoms with E-state index < -0.39 is 11.9 Å². The van der Waals surface area contributed by atoms with E-state index in [-0.39, 0.29) is 11.1 Å². The molecule has 2 aromatic rings. The Hall–Kier alpha value is -1.96. The van der Waals surface area contributed by atoms with E-state index in [2.05, 4.69) is 0 Å². The number of carboxylic acid groups (broad SMARTS) is 2. The van der Waals surface area contributed by atoms with Crippen LogP contribution in [0.3, 0.4) is 0 Å². The van der Waals surface area contributed by atoms with Crippen LogP contribution >= 0.6 is 24.1 Å². The smallest absolute Gasteiger partial charge is 0.335 e. The molecule has 0 spiro atoms. The zero-order valence-electron chi connectivity index (χ0n) is 10.6. The Kier molecular flexibility index (Phi) is 5.26. The van der Waals surface area contributed by atoms with Crippen molar-refractivity contribution in [3.05, 3.63) is 59.7 Å². The van der Waals surface area contributed by atoms with Crippen molar-refractivity contribution in [2.45, 2.75) is 9.79 Å². The molecule has 0 saturated carbocycles. The minimum absolute atomic E-state index is 0.182. The van der Waals surface area contributed by atoms with Crippen molar-refractivity contribution in [2.75, 3.05) is 0 Å². The van der Waals surface area contributed by atoms with Crippen molar-refractivity contribution in [3.8, 4) is 0 Å². The molecule has 0 saturated heterocycles. The molecule has 0 heterocycles. The lowest BCUT2D eigenvalue weighted by molar-refractivity contribution is 0.0685. The normalized spacial score (nSPS) is 10.3. The van der Waals surface area contributed by atoms with Crippen LogP contribution in [-0.2, 0) is 3.63 Å². The first kappa shape index (κ1) is 15.4. The first-order valence-electron chi connectivity index (χ1n) is 5.74. The summed E-state index contributed by atoms with van der Waals surface area (Å²) in [6, 6.07) is 12.7. The predicted molar refractivity (Wildman–Crippen MR) is 79.6 cm³/mol. The Balaban J connectivity index is 1.95. The third-order valence-electron chi connectivity index (χ3n) is 2.42. The quantitative estimate of drug-likeness (QED) is 0.782. The lowest BCUT2D eigenvalue weighted by Gasteiger charge is -2.03. The Bertz CT molecular complexity index is 614. The molecule has 108 valence electrons. The largest absolute Gasteiger partial charge is 0.478 e. The summed E-state index contributed by atoms with van der Waals surface area (Å²) in [6.07, 6.45) is 0. The average molecular weight is 322 g/mol. The highest BCUT2D eigenvalue weighted by atomic mass is 32.2. The van der Waals surface area contributed by atoms with E-state index >= 15 is 0 Å². The number of carbonyl (C=O) groups is 2. The van der Waals surface area contributed by atoms with Crippen molar-refractivity contribution in [3.63, 3.8) is 0 Å². The SMILES string of the molecule is O=C(O)c1cccc(SOSc2cccc(C(=O)O)c2)c1. The van der Waals surface area contributed by atoms with Crippen molar-refractivity contribution in [2.24, 2.45) is 0 Å². The van der Waals surface area contributed by atoms with Crippen LogP contribution in [0, 0.1) is 0 Å². The fourth-order valence-corrected chi connectivity index (χ4v) is 2.84. The summed E-state index contributed by atoms with van der Waals surface area (Å²) in [5.41, 5.74) is 0.364. The minimum Gasteiger partial charge on any atom is -0.478 e. The molecular weight excluding hydrogens is 312 g/mol. The number of benzene rings is 2. The zero-order valence-corrected chi connectivity index (χ0v) is 12.2. The summed E-state index contributed by atoms with van der Waals surface area (Å²) in [6.45, 7) is 0. The van der Waals surface area contributed by atoms with Gasteiger partial charge in [-0.25, -0.2) is 13.2 Å². The van der Waals surface area contributed by atoms with Crippen molar-refractivity contribution < 1.29 is 23.4 Å². The molecule has 2 N–H and O–H groups in total. The van der Waals surface area contributed by atoms with Crippen molar-refractivity contribution >= 4 is 36.0 Å². The maximum atomic E-state index is 10.8. The van der Waals surface area contributed by atoms with Gasteiger partial charge in [-0.05, 0) is 36.4 Å². The molecule has 0 aliphatic rings. The molecule has 2 aromatic carbocycles. The summed E-state index contributed by atoms with van der Waals surface area (Å²) in [5.74, 6) is -2.00. The van der Waals surface area contributed by atoms with E-state index in [1.807, 2.05) is 0 Å². The summed E-state index contributed by atoms with van der Waals surface area (Å²) in [4.78, 5) is 23.0. The third kappa shape index (κ3) is 4.52. The second kappa shape index (κ2) is 7.16. The van der Waals surface area contributed by atoms with E-state index in [0.29, 0.717) is 9.79 Å². The van der Waals surface area contributed by atoms with Crippen LogP contribution in [0.1, 0.15) is 20.7 Å². The molecule has 2 rings (SSSR count). The number of carboxylic acids is 2. The first-order chi connectivity index (χ1) is 10.1. The fraction of sp³-hybridized carbons (Fsp3) is 0. The minimum atomic E-state index is -1.00. The van der Waals surface area contributed by atoms with Gasteiger partial charge in [0.1, 0.15) is 0 Å². The molecule has 7 heteroatoms. The highest BCUT2D eigenvalue weighted by Crippen LogP contribution is 2.30. The predicted octanol–water partition coefficient (Wildman–Crippen LogP) is 3.81. The molecule has 0 radical (unpaired) electrons. The van der Waals surface area contributed by atoms with Crippen molar-refractivity contribution in [1.82, 2.24) is 0 Å². The van der Waals surface area contributed by atoms with Gasteiger partial charge in [-0.2, -0.15) is 0 Å². The summed E-state index contributed by atoms with van der Waals surface area (Å²) in [5, 5.41) is 17.8. The zero-order chi connectivity index (χ0) is 15.2. The van der Waals surface area contributed by atoms with Crippen molar-refractivity contribution in [1.29, 1.82) is 0 Å². The molecule has 21 heavy (non-hydrogen) atoms. The van der Waals surface area contributed by atoms with Gasteiger partial charge in [0, 0.05) is 33.9 Å². The molecule has 0 bridgehead atoms. The molecule has 0 fully saturated rings. The molecule has 0 aliphatic heterocycles. The summed E-state index contributed by atoms with van der Waals surface area (Å²) in [7, 11) is 0. The third-order valence-corrected chi connectivity index (χ3v) is 3.86. The summed E-state index contributed by atoms with van der Waals surface area (Å²) >= 11 is 2.03. The highest BCUT2D eigenvalue weighted by molar-refractivity contribution is 8.07. The van der Waals surface area contributed by atoms with Gasteiger partial charge in [-0.3, -0.25) is 0 Å². The lowest BCUT2D eigenvalue weighted by atomic mass is 10.2. The van der Waals surface area contributed by atoms with E-state index in [9.17, 15) is 9.59 Å². The number of rotatable bonds is 6. The topological polar surface area (TPSA) is 83.8 Å². The van der Waals surface area contributed by atoms with Crippen LogP contribution in [0.4, 0.5) is 0 Å². The van der Waals surface area contributed by atoms with Gasteiger partial charge in [0.15, 0.2) is 0 Å². The lowest BCUT2D eigenvalue weighted by Crippen LogP contribution is -1.95. The molecule has 0 unspecified atom stereocenters. The van der Waals surface area contributed by atoms with Crippen LogP contribution in [0.15, 0.2) is 58.3 Å². The van der Waals surface area contributed by atoms with Gasteiger partial charge in [-0.15, -0.1) is 0 Å². The number of hydrogen-bond acceptors (Lipinski definition) is 5. The second-order valence-electron chi connectivity index (χ2n) is 3.90. The van der Waals surface area contributed by atoms with Crippen LogP contribution < -0.4 is 0 Å². The Morgan fingerprint density at radius 3 is 1.62 bits per heavy atom. The summed E-state index contributed by atoms with van der Waals surface area (Å²) < 4.78 is 5.32. The fourth-order valence-electron chi connectivity index (χ4n) is 1.46. The molecule has 0 aliphatic carbocycles. The number of hydrogen-bond donors (Lipinski definition) is 2. The molecule has 0 amide bonds. The highest BCUT2D eigenvalue weighted by Gasteiger charge is 2.06. The van der Waals surface area contributed by atoms with E-state index in [1.54, 1.807) is 24.3 Å². The van der Waals surface area contributed by atoms with Gasteiger partial charge in [0.05, 0.1) is 11.1 Å². The standard InChI is InChI=1S/C14H10O5S2/c15-13(16)9-3-1-5-11(7-9)20-19-21-12-6-2-4-10(8-12)14(17)18/h1-8H,(H,15,16)(H,17,18). The van der Waals surface area contributed by atoms with E-state index in [0.717, 1.165) is 24.1 Å². The Morgan fingerprint density at radius 1 is 0.810 bits per heavy atom. The Morgan fingerprint density at radius 2 is 1.24 bits per heavy atom. The maximum absolute atomic E-state index is 10.8. The molecule has 0 atom stereocenters. The average Bonchev–Trinajstić information content (AvgIpc) is 2.48. The van der Waals surface area contributed by atoms with Crippen LogP contribution in [0.5, 0.6) is 0 Å². The first-order valence-corrected chi connectivity index (χ1v) is 7.22. The van der Waals surface area contributed by atoms with E-state index in [4.69, 9.17) is 13.8 Å². The van der Waals surface area contributed by atoms with Crippen LogP contribution in [0.25, 0.3) is 0 Å². The van der Waals surface area contributed by atoms with Gasteiger partial charge in [0.25, 0.3) is 0 Å². The molecule has 5 nitrogen and oxygen atoms in total. The molecule has 0 aromatic heterocycles. The van der Waals surface area contributed by atoms with Crippen LogP contribution in [-0.4, -0.2) is 22.2 Å². The van der Waals surface area contributed by atoms with Gasteiger partial charge >= 0.3 is 11.9 Å². The molecular formula is C14H10O5S2. The van der Waals surface area contributed by atoms with Gasteiger partial charge < -0.3 is 10.2 Å². The Labute approximate surface area is 129 Å². The van der Waals surface area contributed by atoms with Gasteiger partial charge in [-0.1, -0.05) is 12.1 Å². The van der Waals surface area contributed by atoms with Crippen LogP contribution in [0.2, 0.25) is 0 Å². The second-order valence-corrected chi connectivity index (χ2v) is 5.72. The maximum Gasteiger partial charge on any atom is 0.335 e. The van der Waals surface area contributed by atoms with Gasteiger partial charge in [0.2, 0.25) is 0 Å². The monoisotopic (exact) mass is 322 g/mol. The van der Waals surface area contributed by atoms with E-state index in [1.165, 1.54) is 24.3 Å².